The standard InChI is InChI=1S/C68H124N20O10/c1-3-5-7-9-11-13-15-17-19-21-23-25-27-41-57(89)76-45-31-29-36-51(61(69)91)82-63(93)54(39-34-48-79-67(72)73)84-65(95)55(40-35-49-80-68(74)75)85-64(94)53(37-30-32-46-77-58(90)42-28-26-24-22-20-18-16-14-12-10-8-6-4-2)83-62(92)52(38-33-47-78-66(70)71)81-50-43-44-56(88(96)97)60-59(50)86-98-87-60/h43-44,51-55,81H,3-42,45-49H2,1-2H3,(H2,69,91)(H,76,89)(H,77,90)(H,82,93)(H,83,92)(H,84,95)(H,85,94)(H4,70,71,78)(H4,72,73,79)(H4,74,75,80)/t51-,52-,53-,54-,55-/m0/s1. The van der Waals surface area contributed by atoms with Crippen molar-refractivity contribution in [2.24, 2.45) is 55.1 Å². The molecule has 0 bridgehead atoms. The fraction of sp³-hybridized carbons (Fsp3) is 0.765. The van der Waals surface area contributed by atoms with Crippen molar-refractivity contribution in [3.63, 3.8) is 0 Å². The van der Waals surface area contributed by atoms with Gasteiger partial charge in [0.25, 0.3) is 0 Å². The molecule has 2 aromatic rings. The minimum atomic E-state index is -1.37. The van der Waals surface area contributed by atoms with Gasteiger partial charge in [-0.3, -0.25) is 58.7 Å². The van der Waals surface area contributed by atoms with Crippen molar-refractivity contribution in [2.45, 2.75) is 301 Å². The van der Waals surface area contributed by atoms with Crippen LogP contribution in [0.4, 0.5) is 11.4 Å². The van der Waals surface area contributed by atoms with E-state index in [1.807, 2.05) is 0 Å². The number of nitrogens with one attached hydrogen (secondary N) is 7. The van der Waals surface area contributed by atoms with E-state index >= 15 is 0 Å². The molecule has 98 heavy (non-hydrogen) atoms. The van der Waals surface area contributed by atoms with Gasteiger partial charge in [-0.15, -0.1) is 0 Å². The molecule has 0 radical (unpaired) electrons. The first kappa shape index (κ1) is 86.0. The average Bonchev–Trinajstić information content (AvgIpc) is 1.89. The average molecular weight is 1380 g/mol. The fourth-order valence-electron chi connectivity index (χ4n) is 11.5. The second kappa shape index (κ2) is 54.9. The Balaban J connectivity index is 2.28. The van der Waals surface area contributed by atoms with Crippen LogP contribution in [0.3, 0.4) is 0 Å². The molecule has 0 saturated carbocycles. The lowest BCUT2D eigenvalue weighted by Gasteiger charge is -2.27. The van der Waals surface area contributed by atoms with Crippen LogP contribution in [-0.2, 0) is 33.6 Å². The van der Waals surface area contributed by atoms with Gasteiger partial charge in [-0.1, -0.05) is 168 Å². The van der Waals surface area contributed by atoms with Crippen molar-refractivity contribution in [3.8, 4) is 0 Å². The van der Waals surface area contributed by atoms with Crippen molar-refractivity contribution >= 4 is 81.6 Å². The van der Waals surface area contributed by atoms with Gasteiger partial charge in [0.1, 0.15) is 30.2 Å². The predicted molar refractivity (Wildman–Crippen MR) is 387 cm³/mol. The van der Waals surface area contributed by atoms with Crippen LogP contribution in [0.2, 0.25) is 0 Å². The summed E-state index contributed by atoms with van der Waals surface area (Å²) in [6, 6.07) is -3.79. The maximum atomic E-state index is 14.8. The molecular formula is C68H124N20O10. The summed E-state index contributed by atoms with van der Waals surface area (Å²) in [5.74, 6) is -4.60. The normalized spacial score (nSPS) is 12.6. The van der Waals surface area contributed by atoms with E-state index < -0.39 is 70.4 Å². The molecule has 0 aliphatic heterocycles. The van der Waals surface area contributed by atoms with Gasteiger partial charge in [-0.05, 0) is 106 Å². The topological polar surface area (TPSA) is 505 Å². The van der Waals surface area contributed by atoms with Crippen LogP contribution in [0, 0.1) is 10.1 Å². The number of nitrogens with zero attached hydrogens (tertiary/aromatic N) is 6. The van der Waals surface area contributed by atoms with E-state index in [4.69, 9.17) is 44.8 Å². The summed E-state index contributed by atoms with van der Waals surface area (Å²) in [7, 11) is 0. The highest BCUT2D eigenvalue weighted by Crippen LogP contribution is 2.30. The van der Waals surface area contributed by atoms with E-state index in [1.54, 1.807) is 0 Å². The molecule has 556 valence electrons. The molecule has 0 saturated heterocycles. The second-order valence-corrected chi connectivity index (χ2v) is 25.7. The number of nitrogens with two attached hydrogens (primary N) is 7. The number of aromatic nitrogens is 2. The maximum Gasteiger partial charge on any atom is 0.300 e. The molecule has 2 rings (SSSR count). The number of carbonyl (C=O) groups is 7. The van der Waals surface area contributed by atoms with Crippen molar-refractivity contribution in [1.29, 1.82) is 0 Å². The number of carbonyl (C=O) groups excluding carboxylic acids is 7. The summed E-state index contributed by atoms with van der Waals surface area (Å²) in [4.78, 5) is 120. The number of rotatable bonds is 62. The second-order valence-electron chi connectivity index (χ2n) is 25.7. The number of hydrogen-bond acceptors (Lipinski definition) is 16. The largest absolute Gasteiger partial charge is 0.372 e. The SMILES string of the molecule is CCCCCCCCCCCCCCCC(=O)NCCCC[C@H](NC(=O)[C@H](CCCN=C(N)N)NC(=O)[C@H](CCCN=C(N)N)NC(=O)[C@H](CCCCNC(=O)CCCCCCCCCCCCCCC)NC(=O)[C@H](CCCN=C(N)N)Nc1ccc([N+](=O)[O-])c2nonc12)C(N)=O. The Hall–Kier alpha value is -8.08. The number of primary amides is 1. The molecule has 1 aromatic carbocycles. The fourth-order valence-corrected chi connectivity index (χ4v) is 11.5. The first-order valence-corrected chi connectivity index (χ1v) is 36.6. The number of non-ortho nitro benzene ring substituents is 1. The van der Waals surface area contributed by atoms with Gasteiger partial charge in [0.15, 0.2) is 23.4 Å². The lowest BCUT2D eigenvalue weighted by molar-refractivity contribution is -0.383. The highest BCUT2D eigenvalue weighted by Gasteiger charge is 2.33. The number of guanidine groups is 3. The Morgan fingerprint density at radius 1 is 0.418 bits per heavy atom. The summed E-state index contributed by atoms with van der Waals surface area (Å²) in [5, 5.41) is 39.4. The molecule has 30 heteroatoms. The van der Waals surface area contributed by atoms with Crippen LogP contribution < -0.4 is 77.4 Å². The van der Waals surface area contributed by atoms with Gasteiger partial charge in [0.05, 0.1) is 10.6 Å². The Kier molecular flexibility index (Phi) is 48.2. The number of amides is 7. The molecule has 30 nitrogen and oxygen atoms in total. The number of anilines is 1. The monoisotopic (exact) mass is 1380 g/mol. The molecule has 0 fully saturated rings. The Bertz CT molecular complexity index is 2680. The van der Waals surface area contributed by atoms with Gasteiger partial charge in [0.2, 0.25) is 46.9 Å². The molecular weight excluding hydrogens is 1260 g/mol. The molecule has 1 aromatic heterocycles. The van der Waals surface area contributed by atoms with Gasteiger partial charge in [0, 0.05) is 51.6 Å². The molecule has 5 atom stereocenters. The van der Waals surface area contributed by atoms with Gasteiger partial charge >= 0.3 is 5.69 Å². The molecule has 0 spiro atoms. The van der Waals surface area contributed by atoms with Crippen LogP contribution in [-0.4, -0.2) is 137 Å². The Morgan fingerprint density at radius 2 is 0.735 bits per heavy atom. The highest BCUT2D eigenvalue weighted by atomic mass is 16.6. The minimum Gasteiger partial charge on any atom is -0.372 e. The predicted octanol–water partition coefficient (Wildman–Crippen LogP) is 7.03. The number of nitro groups is 1. The van der Waals surface area contributed by atoms with Crippen molar-refractivity contribution in [2.75, 3.05) is 38.0 Å². The molecule has 0 aliphatic rings. The van der Waals surface area contributed by atoms with Crippen LogP contribution in [0.5, 0.6) is 0 Å². The van der Waals surface area contributed by atoms with E-state index in [2.05, 4.69) is 76.4 Å². The van der Waals surface area contributed by atoms with Crippen molar-refractivity contribution in [3.05, 3.63) is 22.2 Å². The van der Waals surface area contributed by atoms with Gasteiger partial charge in [-0.25, -0.2) is 4.63 Å². The quantitative estimate of drug-likeness (QED) is 0.0104. The third kappa shape index (κ3) is 41.9. The van der Waals surface area contributed by atoms with E-state index in [1.165, 1.54) is 134 Å². The van der Waals surface area contributed by atoms with Crippen molar-refractivity contribution in [1.82, 2.24) is 42.2 Å². The summed E-state index contributed by atoms with van der Waals surface area (Å²) < 4.78 is 4.86. The molecule has 1 heterocycles. The third-order valence-corrected chi connectivity index (χ3v) is 17.1. The zero-order valence-electron chi connectivity index (χ0n) is 59.2. The van der Waals surface area contributed by atoms with Gasteiger partial charge in [-0.2, -0.15) is 0 Å². The van der Waals surface area contributed by atoms with Crippen LogP contribution >= 0.6 is 0 Å². The number of nitro benzene ring substituents is 1. The van der Waals surface area contributed by atoms with E-state index in [-0.39, 0.29) is 124 Å². The summed E-state index contributed by atoms with van der Waals surface area (Å²) in [6.45, 7) is 5.34. The number of fused-ring (bicyclic) bond motifs is 1. The summed E-state index contributed by atoms with van der Waals surface area (Å²) in [5.41, 5.74) is 39.0. The molecule has 7 amide bonds. The number of hydrogen-bond donors (Lipinski definition) is 14. The van der Waals surface area contributed by atoms with E-state index in [0.29, 0.717) is 45.1 Å². The Morgan fingerprint density at radius 3 is 1.09 bits per heavy atom. The third-order valence-electron chi connectivity index (χ3n) is 17.1. The zero-order valence-corrected chi connectivity index (χ0v) is 59.2. The number of aliphatic imine (C=N–C) groups is 3. The van der Waals surface area contributed by atoms with Crippen molar-refractivity contribution < 1.29 is 43.1 Å². The number of benzene rings is 1. The first-order valence-electron chi connectivity index (χ1n) is 36.6. The van der Waals surface area contributed by atoms with E-state index in [0.717, 1.165) is 44.9 Å². The first-order chi connectivity index (χ1) is 47.3. The Labute approximate surface area is 581 Å². The van der Waals surface area contributed by atoms with Crippen LogP contribution in [0.15, 0.2) is 31.7 Å². The van der Waals surface area contributed by atoms with E-state index in [9.17, 15) is 43.7 Å². The highest BCUT2D eigenvalue weighted by molar-refractivity contribution is 5.98. The molecule has 0 unspecified atom stereocenters. The van der Waals surface area contributed by atoms with Crippen LogP contribution in [0.1, 0.15) is 271 Å². The summed E-state index contributed by atoms with van der Waals surface area (Å²) in [6.07, 6.45) is 34.3. The van der Waals surface area contributed by atoms with Gasteiger partial charge < -0.3 is 77.4 Å². The summed E-state index contributed by atoms with van der Waals surface area (Å²) >= 11 is 0. The molecule has 0 aliphatic carbocycles. The van der Waals surface area contributed by atoms with Crippen LogP contribution in [0.25, 0.3) is 11.0 Å². The minimum absolute atomic E-state index is 0.0144. The number of unbranched alkanes of at least 4 members (excludes halogenated alkanes) is 26. The lowest BCUT2D eigenvalue weighted by Crippen LogP contribution is -2.58. The maximum absolute atomic E-state index is 14.8. The zero-order chi connectivity index (χ0) is 72.0. The lowest BCUT2D eigenvalue weighted by atomic mass is 10.0. The smallest absolute Gasteiger partial charge is 0.300 e. The molecule has 21 N–H and O–H groups in total.